The maximum Gasteiger partial charge on any atom is 0.412 e. The van der Waals surface area contributed by atoms with Gasteiger partial charge in [0.2, 0.25) is 11.8 Å². The van der Waals surface area contributed by atoms with Crippen LogP contribution in [0.15, 0.2) is 18.2 Å². The Labute approximate surface area is 139 Å². The molecule has 3 N–H and O–H groups in total. The van der Waals surface area contributed by atoms with E-state index in [1.54, 1.807) is 20.8 Å². The third kappa shape index (κ3) is 7.57. The molecule has 0 aliphatic heterocycles. The highest BCUT2D eigenvalue weighted by Gasteiger charge is 2.17. The summed E-state index contributed by atoms with van der Waals surface area (Å²) in [7, 11) is 0. The van der Waals surface area contributed by atoms with Gasteiger partial charge in [0, 0.05) is 25.6 Å². The maximum absolute atomic E-state index is 13.8. The van der Waals surface area contributed by atoms with Crippen LogP contribution in [0.3, 0.4) is 0 Å². The molecule has 1 aromatic carbocycles. The third-order valence-corrected chi connectivity index (χ3v) is 2.61. The number of carbonyl (C=O) groups is 3. The summed E-state index contributed by atoms with van der Waals surface area (Å²) in [6.07, 6.45) is -0.721. The quantitative estimate of drug-likeness (QED) is 0.768. The smallest absolute Gasteiger partial charge is 0.412 e. The fourth-order valence-electron chi connectivity index (χ4n) is 1.69. The van der Waals surface area contributed by atoms with Gasteiger partial charge in [0.25, 0.3) is 0 Å². The van der Waals surface area contributed by atoms with Crippen LogP contribution in [0.5, 0.6) is 0 Å². The van der Waals surface area contributed by atoms with Crippen molar-refractivity contribution in [2.75, 3.05) is 17.2 Å². The third-order valence-electron chi connectivity index (χ3n) is 2.61. The number of amides is 3. The van der Waals surface area contributed by atoms with Gasteiger partial charge in [-0.25, -0.2) is 9.18 Å². The van der Waals surface area contributed by atoms with Gasteiger partial charge in [-0.05, 0) is 39.0 Å². The van der Waals surface area contributed by atoms with Gasteiger partial charge in [-0.1, -0.05) is 0 Å². The molecule has 1 rings (SSSR count). The molecule has 0 unspecified atom stereocenters. The summed E-state index contributed by atoms with van der Waals surface area (Å²) in [5, 5.41) is 7.35. The molecule has 8 heteroatoms. The Bertz CT molecular complexity index is 626. The van der Waals surface area contributed by atoms with Crippen LogP contribution in [-0.2, 0) is 14.3 Å². The SMILES string of the molecule is CC(=O)NCCC(=O)Nc1ccc(F)c(NC(=O)OC(C)(C)C)c1. The van der Waals surface area contributed by atoms with Gasteiger partial charge < -0.3 is 15.4 Å². The molecule has 1 aromatic rings. The molecule has 24 heavy (non-hydrogen) atoms. The summed E-state index contributed by atoms with van der Waals surface area (Å²) in [5.41, 5.74) is -0.505. The zero-order valence-corrected chi connectivity index (χ0v) is 14.2. The number of ether oxygens (including phenoxy) is 1. The van der Waals surface area contributed by atoms with Gasteiger partial charge in [0.1, 0.15) is 11.4 Å². The van der Waals surface area contributed by atoms with E-state index < -0.39 is 17.5 Å². The molecule has 0 heterocycles. The summed E-state index contributed by atoms with van der Waals surface area (Å²) in [5.74, 6) is -1.23. The summed E-state index contributed by atoms with van der Waals surface area (Å²) < 4.78 is 18.8. The molecular weight excluding hydrogens is 317 g/mol. The monoisotopic (exact) mass is 339 g/mol. The first-order valence-corrected chi connectivity index (χ1v) is 7.40. The van der Waals surface area contributed by atoms with Gasteiger partial charge in [0.05, 0.1) is 5.69 Å². The number of hydrogen-bond acceptors (Lipinski definition) is 4. The molecule has 0 radical (unpaired) electrons. The average molecular weight is 339 g/mol. The number of benzene rings is 1. The largest absolute Gasteiger partial charge is 0.444 e. The molecule has 0 aliphatic rings. The molecule has 132 valence electrons. The highest BCUT2D eigenvalue weighted by molar-refractivity contribution is 5.92. The topological polar surface area (TPSA) is 96.5 Å². The molecular formula is C16H22FN3O4. The van der Waals surface area contributed by atoms with E-state index in [0.717, 1.165) is 6.07 Å². The Balaban J connectivity index is 2.67. The van der Waals surface area contributed by atoms with Gasteiger partial charge in [-0.2, -0.15) is 0 Å². The Morgan fingerprint density at radius 3 is 2.42 bits per heavy atom. The van der Waals surface area contributed by atoms with Crippen molar-refractivity contribution in [1.82, 2.24) is 5.32 Å². The number of carbonyl (C=O) groups excluding carboxylic acids is 3. The molecule has 0 spiro atoms. The summed E-state index contributed by atoms with van der Waals surface area (Å²) in [6.45, 7) is 6.62. The second-order valence-corrected chi connectivity index (χ2v) is 6.10. The molecule has 0 aliphatic carbocycles. The Hall–Kier alpha value is -2.64. The van der Waals surface area contributed by atoms with Crippen LogP contribution in [0.2, 0.25) is 0 Å². The molecule has 7 nitrogen and oxygen atoms in total. The van der Waals surface area contributed by atoms with Crippen LogP contribution in [-0.4, -0.2) is 30.1 Å². The average Bonchev–Trinajstić information content (AvgIpc) is 2.40. The zero-order chi connectivity index (χ0) is 18.3. The number of nitrogens with one attached hydrogen (secondary N) is 3. The fraction of sp³-hybridized carbons (Fsp3) is 0.438. The van der Waals surface area contributed by atoms with E-state index in [1.165, 1.54) is 19.1 Å². The van der Waals surface area contributed by atoms with E-state index >= 15 is 0 Å². The van der Waals surface area contributed by atoms with E-state index in [2.05, 4.69) is 16.0 Å². The minimum absolute atomic E-state index is 0.0752. The number of rotatable bonds is 5. The lowest BCUT2D eigenvalue weighted by molar-refractivity contribution is -0.119. The Kier molecular flexibility index (Phi) is 6.69. The van der Waals surface area contributed by atoms with E-state index in [1.807, 2.05) is 0 Å². The minimum atomic E-state index is -0.796. The standard InChI is InChI=1S/C16H22FN3O4/c1-10(21)18-8-7-14(22)19-11-5-6-12(17)13(9-11)20-15(23)24-16(2,3)4/h5-6,9H,7-8H2,1-4H3,(H,18,21)(H,19,22)(H,20,23). The van der Waals surface area contributed by atoms with Crippen LogP contribution >= 0.6 is 0 Å². The highest BCUT2D eigenvalue weighted by Crippen LogP contribution is 2.21. The molecule has 0 saturated heterocycles. The van der Waals surface area contributed by atoms with Crippen LogP contribution in [0, 0.1) is 5.82 Å². The molecule has 3 amide bonds. The Morgan fingerprint density at radius 1 is 1.17 bits per heavy atom. The van der Waals surface area contributed by atoms with Crippen molar-refractivity contribution in [3.05, 3.63) is 24.0 Å². The maximum atomic E-state index is 13.8. The molecule has 0 aromatic heterocycles. The van der Waals surface area contributed by atoms with Crippen molar-refractivity contribution in [2.45, 2.75) is 39.7 Å². The lowest BCUT2D eigenvalue weighted by Gasteiger charge is -2.20. The van der Waals surface area contributed by atoms with Gasteiger partial charge in [0.15, 0.2) is 0 Å². The van der Waals surface area contributed by atoms with Crippen molar-refractivity contribution in [3.8, 4) is 0 Å². The summed E-state index contributed by atoms with van der Waals surface area (Å²) in [4.78, 5) is 34.2. The fourth-order valence-corrected chi connectivity index (χ4v) is 1.69. The highest BCUT2D eigenvalue weighted by atomic mass is 19.1. The number of anilines is 2. The zero-order valence-electron chi connectivity index (χ0n) is 14.2. The van der Waals surface area contributed by atoms with Gasteiger partial charge in [-0.15, -0.1) is 0 Å². The minimum Gasteiger partial charge on any atom is -0.444 e. The van der Waals surface area contributed by atoms with Crippen molar-refractivity contribution in [2.24, 2.45) is 0 Å². The lowest BCUT2D eigenvalue weighted by atomic mass is 10.2. The number of hydrogen-bond donors (Lipinski definition) is 3. The predicted molar refractivity (Wildman–Crippen MR) is 88.2 cm³/mol. The first kappa shape index (κ1) is 19.4. The van der Waals surface area contributed by atoms with E-state index in [4.69, 9.17) is 4.74 Å². The Morgan fingerprint density at radius 2 is 1.83 bits per heavy atom. The summed E-state index contributed by atoms with van der Waals surface area (Å²) >= 11 is 0. The lowest BCUT2D eigenvalue weighted by Crippen LogP contribution is -2.27. The van der Waals surface area contributed by atoms with Crippen molar-refractivity contribution < 1.29 is 23.5 Å². The molecule has 0 saturated carbocycles. The number of halogens is 1. The second kappa shape index (κ2) is 8.28. The van der Waals surface area contributed by atoms with Crippen LogP contribution in [0.1, 0.15) is 34.1 Å². The van der Waals surface area contributed by atoms with Crippen molar-refractivity contribution in [3.63, 3.8) is 0 Å². The second-order valence-electron chi connectivity index (χ2n) is 6.10. The molecule has 0 atom stereocenters. The van der Waals surface area contributed by atoms with E-state index in [-0.39, 0.29) is 30.5 Å². The van der Waals surface area contributed by atoms with E-state index in [9.17, 15) is 18.8 Å². The predicted octanol–water partition coefficient (Wildman–Crippen LogP) is 2.64. The van der Waals surface area contributed by atoms with Gasteiger partial charge in [-0.3, -0.25) is 14.9 Å². The summed E-state index contributed by atoms with van der Waals surface area (Å²) in [6, 6.07) is 3.78. The van der Waals surface area contributed by atoms with E-state index in [0.29, 0.717) is 5.69 Å². The first-order chi connectivity index (χ1) is 11.1. The van der Waals surface area contributed by atoms with Crippen molar-refractivity contribution >= 4 is 29.3 Å². The normalized spacial score (nSPS) is 10.7. The van der Waals surface area contributed by atoms with Gasteiger partial charge >= 0.3 is 6.09 Å². The van der Waals surface area contributed by atoms with Crippen LogP contribution in [0.4, 0.5) is 20.6 Å². The van der Waals surface area contributed by atoms with Crippen LogP contribution < -0.4 is 16.0 Å². The molecule has 0 bridgehead atoms. The van der Waals surface area contributed by atoms with Crippen molar-refractivity contribution in [1.29, 1.82) is 0 Å². The van der Waals surface area contributed by atoms with Crippen LogP contribution in [0.25, 0.3) is 0 Å². The molecule has 0 fully saturated rings. The first-order valence-electron chi connectivity index (χ1n) is 7.40.